The summed E-state index contributed by atoms with van der Waals surface area (Å²) >= 11 is 0. The van der Waals surface area contributed by atoms with Gasteiger partial charge in [-0.3, -0.25) is 0 Å². The van der Waals surface area contributed by atoms with Crippen LogP contribution >= 0.6 is 0 Å². The first-order valence-electron chi connectivity index (χ1n) is 8.50. The summed E-state index contributed by atoms with van der Waals surface area (Å²) in [6.45, 7) is 3.41. The molecule has 0 spiro atoms. The highest BCUT2D eigenvalue weighted by Gasteiger charge is 2.08. The summed E-state index contributed by atoms with van der Waals surface area (Å²) < 4.78 is 4.87. The Hall–Kier alpha value is -3.32. The molecule has 0 aliphatic carbocycles. The quantitative estimate of drug-likeness (QED) is 0.311. The highest BCUT2D eigenvalue weighted by molar-refractivity contribution is 5.93. The molecular formula is C22H22N2O2. The number of allylic oxidation sites excluding steroid dienone is 2. The number of benzene rings is 2. The molecule has 0 bridgehead atoms. The van der Waals surface area contributed by atoms with Gasteiger partial charge in [-0.2, -0.15) is 5.26 Å². The van der Waals surface area contributed by atoms with Crippen molar-refractivity contribution in [1.29, 1.82) is 5.26 Å². The molecule has 0 amide bonds. The monoisotopic (exact) mass is 346 g/mol. The first-order chi connectivity index (χ1) is 12.7. The number of hydrogen-bond donors (Lipinski definition) is 0. The molecule has 0 N–H and O–H groups in total. The molecule has 2 aromatic carbocycles. The molecule has 4 heteroatoms. The van der Waals surface area contributed by atoms with Crippen molar-refractivity contribution in [2.24, 2.45) is 0 Å². The van der Waals surface area contributed by atoms with Crippen LogP contribution in [0.4, 0.5) is 0 Å². The zero-order chi connectivity index (χ0) is 18.6. The zero-order valence-electron chi connectivity index (χ0n) is 14.8. The third-order valence-corrected chi connectivity index (χ3v) is 3.63. The fraction of sp³-hybridized carbons (Fsp3) is 0.182. The van der Waals surface area contributed by atoms with Gasteiger partial charge in [0.05, 0.1) is 6.61 Å². The number of carbonyl (C=O) groups excluding carboxylic acids is 1. The minimum Gasteiger partial charge on any atom is -0.462 e. The van der Waals surface area contributed by atoms with Crippen molar-refractivity contribution in [2.75, 3.05) is 6.61 Å². The van der Waals surface area contributed by atoms with Gasteiger partial charge in [-0.1, -0.05) is 60.7 Å². The average molecular weight is 346 g/mol. The van der Waals surface area contributed by atoms with E-state index in [1.165, 1.54) is 17.2 Å². The highest BCUT2D eigenvalue weighted by atomic mass is 16.5. The maximum atomic E-state index is 11.7. The van der Waals surface area contributed by atoms with Gasteiger partial charge in [0.2, 0.25) is 0 Å². The summed E-state index contributed by atoms with van der Waals surface area (Å²) in [5.41, 5.74) is 2.35. The Morgan fingerprint density at radius 1 is 1.04 bits per heavy atom. The van der Waals surface area contributed by atoms with Crippen LogP contribution in [0, 0.1) is 11.3 Å². The Balaban J connectivity index is 2.14. The minimum atomic E-state index is -0.600. The predicted molar refractivity (Wildman–Crippen MR) is 102 cm³/mol. The van der Waals surface area contributed by atoms with Gasteiger partial charge < -0.3 is 9.64 Å². The molecule has 0 heterocycles. The first-order valence-corrected chi connectivity index (χ1v) is 8.50. The van der Waals surface area contributed by atoms with Crippen LogP contribution in [0.2, 0.25) is 0 Å². The van der Waals surface area contributed by atoms with Crippen molar-refractivity contribution in [3.63, 3.8) is 0 Å². The number of carbonyl (C=O) groups is 1. The Bertz CT molecular complexity index is 748. The smallest absolute Gasteiger partial charge is 0.348 e. The molecular weight excluding hydrogens is 324 g/mol. The van der Waals surface area contributed by atoms with Gasteiger partial charge in [-0.05, 0) is 36.4 Å². The van der Waals surface area contributed by atoms with E-state index in [-0.39, 0.29) is 12.2 Å². The molecule has 0 unspecified atom stereocenters. The molecule has 26 heavy (non-hydrogen) atoms. The van der Waals surface area contributed by atoms with Gasteiger partial charge >= 0.3 is 5.97 Å². The molecule has 0 aliphatic rings. The number of ether oxygens (including phenoxy) is 1. The fourth-order valence-electron chi connectivity index (χ4n) is 2.42. The van der Waals surface area contributed by atoms with E-state index in [1.807, 2.05) is 48.7 Å². The number of rotatable bonds is 8. The van der Waals surface area contributed by atoms with E-state index in [1.54, 1.807) is 13.0 Å². The van der Waals surface area contributed by atoms with Gasteiger partial charge in [-0.25, -0.2) is 4.79 Å². The normalized spacial score (nSPS) is 11.2. The lowest BCUT2D eigenvalue weighted by molar-refractivity contribution is -0.138. The Morgan fingerprint density at radius 2 is 1.58 bits per heavy atom. The molecule has 0 saturated carbocycles. The lowest BCUT2D eigenvalue weighted by Gasteiger charge is -2.20. The lowest BCUT2D eigenvalue weighted by Crippen LogP contribution is -2.16. The molecule has 0 radical (unpaired) electrons. The number of nitriles is 1. The zero-order valence-corrected chi connectivity index (χ0v) is 14.8. The molecule has 0 saturated heterocycles. The summed E-state index contributed by atoms with van der Waals surface area (Å²) in [5, 5.41) is 9.09. The molecule has 0 fully saturated rings. The standard InChI is InChI=1S/C22H22N2O2/c1-2-26-22(25)21(16-23)14-9-15-24(17-19-10-5-3-6-11-19)18-20-12-7-4-8-13-20/h3-15H,2,17-18H2,1H3. The Labute approximate surface area is 154 Å². The average Bonchev–Trinajstić information content (AvgIpc) is 2.67. The summed E-state index contributed by atoms with van der Waals surface area (Å²) in [5.74, 6) is -0.600. The van der Waals surface area contributed by atoms with Crippen molar-refractivity contribution in [3.05, 3.63) is 95.7 Å². The molecule has 2 aromatic rings. The third-order valence-electron chi connectivity index (χ3n) is 3.63. The largest absolute Gasteiger partial charge is 0.462 e. The van der Waals surface area contributed by atoms with E-state index in [4.69, 9.17) is 10.00 Å². The molecule has 0 aliphatic heterocycles. The van der Waals surface area contributed by atoms with Gasteiger partial charge in [0.25, 0.3) is 0 Å². The van der Waals surface area contributed by atoms with Crippen LogP contribution in [0.25, 0.3) is 0 Å². The molecule has 0 atom stereocenters. The van der Waals surface area contributed by atoms with Crippen LogP contribution in [-0.2, 0) is 22.6 Å². The first kappa shape index (κ1) is 19.0. The SMILES string of the molecule is CCOC(=O)C(C#N)=CC=CN(Cc1ccccc1)Cc1ccccc1. The number of nitrogens with zero attached hydrogens (tertiary/aromatic N) is 2. The van der Waals surface area contributed by atoms with E-state index < -0.39 is 5.97 Å². The molecule has 0 aromatic heterocycles. The van der Waals surface area contributed by atoms with Crippen molar-refractivity contribution in [3.8, 4) is 6.07 Å². The minimum absolute atomic E-state index is 0.0116. The fourth-order valence-corrected chi connectivity index (χ4v) is 2.42. The number of esters is 1. The Morgan fingerprint density at radius 3 is 2.04 bits per heavy atom. The third kappa shape index (κ3) is 6.29. The maximum Gasteiger partial charge on any atom is 0.348 e. The van der Waals surface area contributed by atoms with Crippen LogP contribution in [0.15, 0.2) is 84.6 Å². The van der Waals surface area contributed by atoms with E-state index in [0.717, 1.165) is 13.1 Å². The van der Waals surface area contributed by atoms with Crippen LogP contribution < -0.4 is 0 Å². The van der Waals surface area contributed by atoms with Crippen molar-refractivity contribution in [2.45, 2.75) is 20.0 Å². The molecule has 2 rings (SSSR count). The summed E-state index contributed by atoms with van der Waals surface area (Å²) in [6, 6.07) is 22.2. The second-order valence-corrected chi connectivity index (χ2v) is 5.63. The second-order valence-electron chi connectivity index (χ2n) is 5.63. The predicted octanol–water partition coefficient (Wildman–Crippen LogP) is 4.22. The maximum absolute atomic E-state index is 11.7. The molecule has 132 valence electrons. The summed E-state index contributed by atoms with van der Waals surface area (Å²) in [4.78, 5) is 13.8. The van der Waals surface area contributed by atoms with Crippen LogP contribution in [0.3, 0.4) is 0 Å². The van der Waals surface area contributed by atoms with E-state index >= 15 is 0 Å². The van der Waals surface area contributed by atoms with Crippen molar-refractivity contribution >= 4 is 5.97 Å². The van der Waals surface area contributed by atoms with Gasteiger partial charge in [0, 0.05) is 13.1 Å². The second kappa shape index (κ2) is 10.5. The summed E-state index contributed by atoms with van der Waals surface area (Å²) in [7, 11) is 0. The van der Waals surface area contributed by atoms with Gasteiger partial charge in [0.15, 0.2) is 0 Å². The van der Waals surface area contributed by atoms with Crippen LogP contribution in [0.1, 0.15) is 18.1 Å². The summed E-state index contributed by atoms with van der Waals surface area (Å²) in [6.07, 6.45) is 5.08. The van der Waals surface area contributed by atoms with Gasteiger partial charge in [-0.15, -0.1) is 0 Å². The van der Waals surface area contributed by atoms with E-state index in [0.29, 0.717) is 0 Å². The van der Waals surface area contributed by atoms with Crippen molar-refractivity contribution in [1.82, 2.24) is 4.90 Å². The van der Waals surface area contributed by atoms with E-state index in [9.17, 15) is 4.79 Å². The molecule has 4 nitrogen and oxygen atoms in total. The van der Waals surface area contributed by atoms with Gasteiger partial charge in [0.1, 0.15) is 11.6 Å². The highest BCUT2D eigenvalue weighted by Crippen LogP contribution is 2.11. The number of hydrogen-bond acceptors (Lipinski definition) is 4. The van der Waals surface area contributed by atoms with E-state index in [2.05, 4.69) is 29.2 Å². The van der Waals surface area contributed by atoms with Crippen LogP contribution in [-0.4, -0.2) is 17.5 Å². The Kier molecular flexibility index (Phi) is 7.70. The van der Waals surface area contributed by atoms with Crippen LogP contribution in [0.5, 0.6) is 0 Å². The topological polar surface area (TPSA) is 53.3 Å². The van der Waals surface area contributed by atoms with Crippen molar-refractivity contribution < 1.29 is 9.53 Å². The lowest BCUT2D eigenvalue weighted by atomic mass is 10.2.